The number of alkyl halides is 3. The van der Waals surface area contributed by atoms with Gasteiger partial charge in [-0.3, -0.25) is 14.5 Å². The average molecular weight is 416 g/mol. The highest BCUT2D eigenvalue weighted by Crippen LogP contribution is 2.33. The Kier molecular flexibility index (Phi) is 5.91. The van der Waals surface area contributed by atoms with Crippen molar-refractivity contribution in [3.05, 3.63) is 71.5 Å². The van der Waals surface area contributed by atoms with E-state index in [1.165, 1.54) is 7.05 Å². The molecule has 1 heterocycles. The van der Waals surface area contributed by atoms with Crippen molar-refractivity contribution in [1.29, 1.82) is 0 Å². The normalized spacial score (nSPS) is 12.0. The number of rotatable bonds is 5. The van der Waals surface area contributed by atoms with Crippen LogP contribution in [0.1, 0.15) is 28.5 Å². The fraction of sp³-hybridized carbons (Fsp3) is 0.190. The molecule has 1 amide bonds. The number of nitrogens with one attached hydrogen (secondary N) is 1. The molecule has 0 aliphatic rings. The minimum absolute atomic E-state index is 0.231. The summed E-state index contributed by atoms with van der Waals surface area (Å²) in [7, 11) is 3.02. The molecule has 0 aliphatic carbocycles. The molecule has 0 bridgehead atoms. The number of ether oxygens (including phenoxy) is 1. The number of aliphatic imine (C=N–C) groups is 1. The standard InChI is InChI=1S/C21H19F3N4O2/c1-13(25-2)14-8-10-15(11-9-14)30-18-7-5-4-6-17(18)26-20(29)16-12-28(3)27-19(16)21(22,23)24/h4-12H,1-3H3,(H,26,29). The first-order valence-corrected chi connectivity index (χ1v) is 8.92. The van der Waals surface area contributed by atoms with Gasteiger partial charge < -0.3 is 10.1 Å². The van der Waals surface area contributed by atoms with Crippen molar-refractivity contribution in [2.24, 2.45) is 12.0 Å². The Hall–Kier alpha value is -3.62. The summed E-state index contributed by atoms with van der Waals surface area (Å²) >= 11 is 0. The lowest BCUT2D eigenvalue weighted by Crippen LogP contribution is -2.18. The highest BCUT2D eigenvalue weighted by molar-refractivity contribution is 6.05. The van der Waals surface area contributed by atoms with E-state index in [4.69, 9.17) is 4.74 Å². The molecule has 0 atom stereocenters. The third-order valence-electron chi connectivity index (χ3n) is 4.31. The molecule has 9 heteroatoms. The van der Waals surface area contributed by atoms with Gasteiger partial charge in [-0.2, -0.15) is 18.3 Å². The van der Waals surface area contributed by atoms with Gasteiger partial charge in [0.2, 0.25) is 0 Å². The smallest absolute Gasteiger partial charge is 0.435 e. The monoisotopic (exact) mass is 416 g/mol. The number of carbonyl (C=O) groups excluding carboxylic acids is 1. The molecule has 1 aromatic heterocycles. The molecule has 156 valence electrons. The molecule has 0 radical (unpaired) electrons. The van der Waals surface area contributed by atoms with E-state index < -0.39 is 23.3 Å². The Labute approximate surface area is 171 Å². The number of halogens is 3. The molecule has 0 aliphatic heterocycles. The summed E-state index contributed by atoms with van der Waals surface area (Å²) in [5.74, 6) is -0.143. The third-order valence-corrected chi connectivity index (χ3v) is 4.31. The van der Waals surface area contributed by atoms with Gasteiger partial charge in [0, 0.05) is 26.0 Å². The highest BCUT2D eigenvalue weighted by Gasteiger charge is 2.39. The van der Waals surface area contributed by atoms with Crippen molar-refractivity contribution < 1.29 is 22.7 Å². The van der Waals surface area contributed by atoms with Crippen LogP contribution >= 0.6 is 0 Å². The zero-order chi connectivity index (χ0) is 21.9. The minimum atomic E-state index is -4.74. The van der Waals surface area contributed by atoms with Crippen LogP contribution in [0.4, 0.5) is 18.9 Å². The van der Waals surface area contributed by atoms with E-state index in [-0.39, 0.29) is 11.4 Å². The summed E-state index contributed by atoms with van der Waals surface area (Å²) in [6.07, 6.45) is -3.72. The van der Waals surface area contributed by atoms with Crippen molar-refractivity contribution in [2.75, 3.05) is 12.4 Å². The molecule has 1 N–H and O–H groups in total. The second kappa shape index (κ2) is 8.40. The van der Waals surface area contributed by atoms with Crippen molar-refractivity contribution in [3.8, 4) is 11.5 Å². The van der Waals surface area contributed by atoms with Crippen LogP contribution in [0.25, 0.3) is 0 Å². The van der Waals surface area contributed by atoms with Gasteiger partial charge in [0.25, 0.3) is 5.91 Å². The predicted molar refractivity (Wildman–Crippen MR) is 107 cm³/mol. The summed E-state index contributed by atoms with van der Waals surface area (Å²) in [5, 5.41) is 5.83. The number of aromatic nitrogens is 2. The largest absolute Gasteiger partial charge is 0.455 e. The number of aryl methyl sites for hydroxylation is 1. The lowest BCUT2D eigenvalue weighted by molar-refractivity contribution is -0.141. The lowest BCUT2D eigenvalue weighted by atomic mass is 10.1. The number of carbonyl (C=O) groups is 1. The number of nitrogens with zero attached hydrogens (tertiary/aromatic N) is 3. The summed E-state index contributed by atoms with van der Waals surface area (Å²) < 4.78 is 46.2. The van der Waals surface area contributed by atoms with E-state index in [0.29, 0.717) is 5.75 Å². The first kappa shape index (κ1) is 21.1. The molecular formula is C21H19F3N4O2. The zero-order valence-corrected chi connectivity index (χ0v) is 16.5. The Bertz CT molecular complexity index is 1090. The Morgan fingerprint density at radius 2 is 1.80 bits per heavy atom. The van der Waals surface area contributed by atoms with Gasteiger partial charge in [-0.15, -0.1) is 0 Å². The fourth-order valence-electron chi connectivity index (χ4n) is 2.73. The van der Waals surface area contributed by atoms with Crippen LogP contribution in [0.5, 0.6) is 11.5 Å². The summed E-state index contributed by atoms with van der Waals surface area (Å²) in [4.78, 5) is 16.6. The van der Waals surface area contributed by atoms with Crippen molar-refractivity contribution in [2.45, 2.75) is 13.1 Å². The molecule has 3 aromatic rings. The molecule has 0 saturated heterocycles. The average Bonchev–Trinajstić information content (AvgIpc) is 3.12. The van der Waals surface area contributed by atoms with Crippen molar-refractivity contribution in [1.82, 2.24) is 9.78 Å². The maximum absolute atomic E-state index is 13.2. The van der Waals surface area contributed by atoms with E-state index in [1.54, 1.807) is 43.4 Å². The van der Waals surface area contributed by atoms with Crippen LogP contribution in [-0.4, -0.2) is 28.4 Å². The molecular weight excluding hydrogens is 397 g/mol. The van der Waals surface area contributed by atoms with Crippen LogP contribution in [0, 0.1) is 0 Å². The minimum Gasteiger partial charge on any atom is -0.455 e. The molecule has 0 fully saturated rings. The molecule has 0 unspecified atom stereocenters. The van der Waals surface area contributed by atoms with Crippen LogP contribution in [0.2, 0.25) is 0 Å². The number of para-hydroxylation sites is 2. The van der Waals surface area contributed by atoms with Gasteiger partial charge in [-0.25, -0.2) is 0 Å². The van der Waals surface area contributed by atoms with E-state index >= 15 is 0 Å². The van der Waals surface area contributed by atoms with Gasteiger partial charge in [0.05, 0.1) is 11.3 Å². The highest BCUT2D eigenvalue weighted by atomic mass is 19.4. The third kappa shape index (κ3) is 4.68. The van der Waals surface area contributed by atoms with Gasteiger partial charge in [-0.1, -0.05) is 12.1 Å². The van der Waals surface area contributed by atoms with Crippen LogP contribution in [0.3, 0.4) is 0 Å². The molecule has 3 rings (SSSR count). The Balaban J connectivity index is 1.84. The van der Waals surface area contributed by atoms with E-state index in [1.807, 2.05) is 19.1 Å². The van der Waals surface area contributed by atoms with E-state index in [2.05, 4.69) is 15.4 Å². The van der Waals surface area contributed by atoms with Crippen LogP contribution in [0.15, 0.2) is 59.7 Å². The zero-order valence-electron chi connectivity index (χ0n) is 16.5. The summed E-state index contributed by atoms with van der Waals surface area (Å²) in [6, 6.07) is 13.6. The summed E-state index contributed by atoms with van der Waals surface area (Å²) in [6.45, 7) is 1.88. The lowest BCUT2D eigenvalue weighted by Gasteiger charge is -2.13. The maximum Gasteiger partial charge on any atom is 0.435 e. The summed E-state index contributed by atoms with van der Waals surface area (Å²) in [5.41, 5.74) is 0.214. The SMILES string of the molecule is CN=C(C)c1ccc(Oc2ccccc2NC(=O)c2cn(C)nc2C(F)(F)F)cc1. The number of amides is 1. The van der Waals surface area contributed by atoms with Crippen LogP contribution < -0.4 is 10.1 Å². The second-order valence-electron chi connectivity index (χ2n) is 6.45. The van der Waals surface area contributed by atoms with Gasteiger partial charge in [-0.05, 0) is 48.9 Å². The molecule has 0 saturated carbocycles. The number of benzene rings is 2. The number of hydrogen-bond acceptors (Lipinski definition) is 4. The molecule has 0 spiro atoms. The predicted octanol–water partition coefficient (Wildman–Crippen LogP) is 4.92. The molecule has 2 aromatic carbocycles. The number of anilines is 1. The molecule has 30 heavy (non-hydrogen) atoms. The van der Waals surface area contributed by atoms with Gasteiger partial charge in [0.15, 0.2) is 11.4 Å². The Morgan fingerprint density at radius 1 is 1.13 bits per heavy atom. The first-order valence-electron chi connectivity index (χ1n) is 8.92. The quantitative estimate of drug-likeness (QED) is 0.600. The molecule has 6 nitrogen and oxygen atoms in total. The Morgan fingerprint density at radius 3 is 2.43 bits per heavy atom. The maximum atomic E-state index is 13.2. The number of hydrogen-bond donors (Lipinski definition) is 1. The van der Waals surface area contributed by atoms with E-state index in [9.17, 15) is 18.0 Å². The van der Waals surface area contributed by atoms with Crippen LogP contribution in [-0.2, 0) is 13.2 Å². The van der Waals surface area contributed by atoms with E-state index in [0.717, 1.165) is 22.2 Å². The topological polar surface area (TPSA) is 68.5 Å². The van der Waals surface area contributed by atoms with Crippen molar-refractivity contribution in [3.63, 3.8) is 0 Å². The first-order chi connectivity index (χ1) is 14.2. The second-order valence-corrected chi connectivity index (χ2v) is 6.45. The van der Waals surface area contributed by atoms with Gasteiger partial charge in [0.1, 0.15) is 5.75 Å². The van der Waals surface area contributed by atoms with Crippen molar-refractivity contribution >= 4 is 17.3 Å². The fourth-order valence-corrected chi connectivity index (χ4v) is 2.73. The van der Waals surface area contributed by atoms with Gasteiger partial charge >= 0.3 is 6.18 Å².